The van der Waals surface area contributed by atoms with E-state index in [-0.39, 0.29) is 11.4 Å². The molecule has 6 heteroatoms. The Kier molecular flexibility index (Phi) is 6.72. The van der Waals surface area contributed by atoms with Crippen molar-refractivity contribution in [2.24, 2.45) is 11.3 Å². The van der Waals surface area contributed by atoms with Crippen LogP contribution >= 0.6 is 11.3 Å². The molecule has 0 amide bonds. The lowest BCUT2D eigenvalue weighted by Crippen LogP contribution is -2.42. The summed E-state index contributed by atoms with van der Waals surface area (Å²) in [5, 5.41) is 0. The molecule has 0 saturated carbocycles. The highest BCUT2D eigenvalue weighted by atomic mass is 32.1. The van der Waals surface area contributed by atoms with Gasteiger partial charge in [0, 0.05) is 55.5 Å². The van der Waals surface area contributed by atoms with Crippen LogP contribution in [0.1, 0.15) is 29.5 Å². The Hall–Kier alpha value is -0.950. The van der Waals surface area contributed by atoms with Crippen LogP contribution in [-0.4, -0.2) is 68.8 Å². The van der Waals surface area contributed by atoms with Crippen molar-refractivity contribution in [1.82, 2.24) is 9.80 Å². The number of fused-ring (bicyclic) bond motifs is 1. The van der Waals surface area contributed by atoms with Gasteiger partial charge in [-0.15, -0.1) is 11.3 Å². The normalized spacial score (nSPS) is 27.3. The van der Waals surface area contributed by atoms with E-state index >= 15 is 0 Å². The lowest BCUT2D eigenvalue weighted by molar-refractivity contribution is -0.157. The molecule has 0 aliphatic carbocycles. The van der Waals surface area contributed by atoms with Gasteiger partial charge in [0.2, 0.25) is 0 Å². The highest BCUT2D eigenvalue weighted by Gasteiger charge is 2.53. The SMILES string of the molecule is CCOC(=O)[C@]12CCCN(Cc3ccc(C)s3)C[C@H]1CN(CCOC)C2. The summed E-state index contributed by atoms with van der Waals surface area (Å²) in [7, 11) is 1.74. The first-order chi connectivity index (χ1) is 12.6. The Morgan fingerprint density at radius 2 is 2.15 bits per heavy atom. The van der Waals surface area contributed by atoms with Gasteiger partial charge in [0.25, 0.3) is 0 Å². The molecule has 0 aromatic carbocycles. The number of hydrogen-bond acceptors (Lipinski definition) is 6. The van der Waals surface area contributed by atoms with Crippen LogP contribution < -0.4 is 0 Å². The fourth-order valence-electron chi connectivity index (χ4n) is 4.55. The molecule has 2 saturated heterocycles. The molecule has 1 aromatic rings. The van der Waals surface area contributed by atoms with Crippen LogP contribution in [0, 0.1) is 18.3 Å². The van der Waals surface area contributed by atoms with Crippen LogP contribution in [0.2, 0.25) is 0 Å². The smallest absolute Gasteiger partial charge is 0.313 e. The van der Waals surface area contributed by atoms with Gasteiger partial charge in [-0.05, 0) is 45.4 Å². The fraction of sp³-hybridized carbons (Fsp3) is 0.750. The molecule has 2 aliphatic rings. The van der Waals surface area contributed by atoms with E-state index in [1.807, 2.05) is 18.3 Å². The monoisotopic (exact) mass is 380 g/mol. The van der Waals surface area contributed by atoms with Crippen molar-refractivity contribution in [1.29, 1.82) is 0 Å². The van der Waals surface area contributed by atoms with E-state index in [1.165, 1.54) is 9.75 Å². The predicted molar refractivity (Wildman–Crippen MR) is 104 cm³/mol. The second-order valence-electron chi connectivity index (χ2n) is 7.65. The average molecular weight is 381 g/mol. The molecule has 26 heavy (non-hydrogen) atoms. The van der Waals surface area contributed by atoms with E-state index < -0.39 is 0 Å². The molecule has 0 unspecified atom stereocenters. The quantitative estimate of drug-likeness (QED) is 0.681. The molecule has 3 heterocycles. The summed E-state index contributed by atoms with van der Waals surface area (Å²) in [5.74, 6) is 0.348. The van der Waals surface area contributed by atoms with Crippen LogP contribution in [0.25, 0.3) is 0 Å². The number of ether oxygens (including phenoxy) is 2. The van der Waals surface area contributed by atoms with Gasteiger partial charge in [-0.1, -0.05) is 0 Å². The molecule has 1 aromatic heterocycles. The predicted octanol–water partition coefficient (Wildman–Crippen LogP) is 2.78. The number of methoxy groups -OCH3 is 1. The van der Waals surface area contributed by atoms with E-state index in [0.29, 0.717) is 19.1 Å². The number of carbonyl (C=O) groups is 1. The summed E-state index contributed by atoms with van der Waals surface area (Å²) in [5.41, 5.74) is -0.343. The fourth-order valence-corrected chi connectivity index (χ4v) is 5.48. The van der Waals surface area contributed by atoms with Crippen LogP contribution in [0.3, 0.4) is 0 Å². The first-order valence-corrected chi connectivity index (χ1v) is 10.5. The molecule has 0 N–H and O–H groups in total. The van der Waals surface area contributed by atoms with Crippen LogP contribution in [-0.2, 0) is 20.8 Å². The molecule has 0 spiro atoms. The van der Waals surface area contributed by atoms with E-state index in [4.69, 9.17) is 9.47 Å². The van der Waals surface area contributed by atoms with Crippen LogP contribution in [0.15, 0.2) is 12.1 Å². The van der Waals surface area contributed by atoms with Crippen molar-refractivity contribution in [3.8, 4) is 0 Å². The number of hydrogen-bond donors (Lipinski definition) is 0. The molecule has 3 rings (SSSR count). The first kappa shape index (κ1) is 19.8. The molecule has 2 atom stereocenters. The summed E-state index contributed by atoms with van der Waals surface area (Å²) in [6, 6.07) is 4.44. The van der Waals surface area contributed by atoms with Crippen molar-refractivity contribution in [2.45, 2.75) is 33.2 Å². The highest BCUT2D eigenvalue weighted by Crippen LogP contribution is 2.44. The Morgan fingerprint density at radius 3 is 2.85 bits per heavy atom. The molecule has 0 radical (unpaired) electrons. The first-order valence-electron chi connectivity index (χ1n) is 9.73. The standard InChI is InChI=1S/C20H32N2O3S/c1-4-25-19(23)20-8-5-9-21(14-18-7-6-16(2)26-18)12-17(20)13-22(15-20)10-11-24-3/h6-7,17H,4-5,8-15H2,1-3H3/t17-,20-/m0/s1. The number of likely N-dealkylation sites (tertiary alicyclic amines) is 2. The number of esters is 1. The Balaban J connectivity index is 1.74. The van der Waals surface area contributed by atoms with Crippen LogP contribution in [0.5, 0.6) is 0 Å². The van der Waals surface area contributed by atoms with Crippen molar-refractivity contribution in [3.05, 3.63) is 21.9 Å². The molecule has 0 bridgehead atoms. The lowest BCUT2D eigenvalue weighted by atomic mass is 9.75. The number of carbonyl (C=O) groups excluding carboxylic acids is 1. The zero-order valence-corrected chi connectivity index (χ0v) is 17.1. The van der Waals surface area contributed by atoms with Crippen molar-refractivity contribution < 1.29 is 14.3 Å². The molecule has 2 fully saturated rings. The van der Waals surface area contributed by atoms with Crippen molar-refractivity contribution >= 4 is 17.3 Å². The Labute approximate surface area is 161 Å². The van der Waals surface area contributed by atoms with E-state index in [9.17, 15) is 4.79 Å². The zero-order valence-electron chi connectivity index (χ0n) is 16.3. The summed E-state index contributed by atoms with van der Waals surface area (Å²) < 4.78 is 10.8. The average Bonchev–Trinajstić information content (AvgIpc) is 3.13. The van der Waals surface area contributed by atoms with Gasteiger partial charge in [0.15, 0.2) is 0 Å². The zero-order chi connectivity index (χ0) is 18.6. The molecular weight excluding hydrogens is 348 g/mol. The van der Waals surface area contributed by atoms with Crippen molar-refractivity contribution in [2.75, 3.05) is 53.0 Å². The Morgan fingerprint density at radius 1 is 1.35 bits per heavy atom. The van der Waals surface area contributed by atoms with Gasteiger partial charge < -0.3 is 9.47 Å². The maximum absolute atomic E-state index is 12.9. The maximum atomic E-state index is 12.9. The highest BCUT2D eigenvalue weighted by molar-refractivity contribution is 7.11. The number of thiophene rings is 1. The number of aryl methyl sites for hydroxylation is 1. The van der Waals surface area contributed by atoms with E-state index in [2.05, 4.69) is 28.9 Å². The largest absolute Gasteiger partial charge is 0.466 e. The van der Waals surface area contributed by atoms with Gasteiger partial charge in [-0.25, -0.2) is 0 Å². The number of rotatable bonds is 7. The minimum Gasteiger partial charge on any atom is -0.466 e. The van der Waals surface area contributed by atoms with Crippen LogP contribution in [0.4, 0.5) is 0 Å². The molecule has 2 aliphatic heterocycles. The third-order valence-electron chi connectivity index (χ3n) is 5.81. The third-order valence-corrected chi connectivity index (χ3v) is 6.80. The Bertz CT molecular complexity index is 606. The summed E-state index contributed by atoms with van der Waals surface area (Å²) >= 11 is 1.88. The third kappa shape index (κ3) is 4.30. The van der Waals surface area contributed by atoms with Gasteiger partial charge in [-0.3, -0.25) is 14.6 Å². The minimum absolute atomic E-state index is 0.0127. The van der Waals surface area contributed by atoms with E-state index in [1.54, 1.807) is 7.11 Å². The second kappa shape index (κ2) is 8.83. The summed E-state index contributed by atoms with van der Waals surface area (Å²) in [4.78, 5) is 20.7. The van der Waals surface area contributed by atoms with Gasteiger partial charge in [-0.2, -0.15) is 0 Å². The summed E-state index contributed by atoms with van der Waals surface area (Å²) in [6.45, 7) is 10.9. The second-order valence-corrected chi connectivity index (χ2v) is 9.02. The minimum atomic E-state index is -0.343. The topological polar surface area (TPSA) is 42.0 Å². The maximum Gasteiger partial charge on any atom is 0.313 e. The van der Waals surface area contributed by atoms with Gasteiger partial charge >= 0.3 is 5.97 Å². The van der Waals surface area contributed by atoms with Gasteiger partial charge in [0.05, 0.1) is 18.6 Å². The van der Waals surface area contributed by atoms with Crippen molar-refractivity contribution in [3.63, 3.8) is 0 Å². The molecule has 146 valence electrons. The van der Waals surface area contributed by atoms with Gasteiger partial charge in [0.1, 0.15) is 0 Å². The molecular formula is C20H32N2O3S. The van der Waals surface area contributed by atoms with E-state index in [0.717, 1.165) is 52.1 Å². The lowest BCUT2D eigenvalue weighted by Gasteiger charge is -2.31. The summed E-state index contributed by atoms with van der Waals surface area (Å²) in [6.07, 6.45) is 1.98. The molecule has 5 nitrogen and oxygen atoms in total. The number of nitrogens with zero attached hydrogens (tertiary/aromatic N) is 2.